The first-order valence-corrected chi connectivity index (χ1v) is 4.77. The average Bonchev–Trinajstić information content (AvgIpc) is 2.05. The fraction of sp³-hybridized carbons (Fsp3) is 0.889. The summed E-state index contributed by atoms with van der Waals surface area (Å²) in [6.07, 6.45) is 5.63. The highest BCUT2D eigenvalue weighted by atomic mass is 16.4. The van der Waals surface area contributed by atoms with Gasteiger partial charge < -0.3 is 10.2 Å². The highest BCUT2D eigenvalue weighted by molar-refractivity contribution is 5.76. The van der Waals surface area contributed by atoms with Crippen molar-refractivity contribution in [2.75, 3.05) is 0 Å². The number of rotatable bonds is 3. The topological polar surface area (TPSA) is 83.5 Å². The molecule has 0 aromatic rings. The van der Waals surface area contributed by atoms with Crippen LogP contribution in [0.4, 0.5) is 0 Å². The Labute approximate surface area is 77.7 Å². The second-order valence-electron chi connectivity index (χ2n) is 3.94. The first-order valence-electron chi connectivity index (χ1n) is 4.77. The van der Waals surface area contributed by atoms with Crippen LogP contribution in [0.2, 0.25) is 0 Å². The fourth-order valence-corrected chi connectivity index (χ4v) is 1.92. The van der Waals surface area contributed by atoms with E-state index in [1.165, 1.54) is 6.42 Å². The first-order chi connectivity index (χ1) is 6.02. The van der Waals surface area contributed by atoms with Gasteiger partial charge in [-0.1, -0.05) is 32.1 Å². The normalized spacial score (nSPS) is 23.8. The molecule has 4 heteroatoms. The van der Waals surface area contributed by atoms with Crippen LogP contribution in [0.15, 0.2) is 0 Å². The van der Waals surface area contributed by atoms with Crippen LogP contribution in [-0.4, -0.2) is 21.9 Å². The molecule has 4 nitrogen and oxygen atoms in total. The molecule has 0 heterocycles. The van der Waals surface area contributed by atoms with Crippen LogP contribution in [0.25, 0.3) is 0 Å². The van der Waals surface area contributed by atoms with Crippen molar-refractivity contribution < 1.29 is 15.0 Å². The molecular formula is C9H17NO3. The maximum Gasteiger partial charge on any atom is 0.351 e. The van der Waals surface area contributed by atoms with Crippen LogP contribution >= 0.6 is 0 Å². The van der Waals surface area contributed by atoms with Gasteiger partial charge in [0.05, 0.1) is 0 Å². The summed E-state index contributed by atoms with van der Waals surface area (Å²) in [5.74, 6) is -1.04. The van der Waals surface area contributed by atoms with Crippen LogP contribution in [0.3, 0.4) is 0 Å². The monoisotopic (exact) mass is 187 g/mol. The summed E-state index contributed by atoms with van der Waals surface area (Å²) in [7, 11) is 0. The van der Waals surface area contributed by atoms with E-state index in [0.717, 1.165) is 25.7 Å². The smallest absolute Gasteiger partial charge is 0.351 e. The minimum absolute atomic E-state index is 0.183. The number of carboxylic acids is 1. The van der Waals surface area contributed by atoms with E-state index in [0.29, 0.717) is 0 Å². The number of hydrogen-bond donors (Lipinski definition) is 3. The third-order valence-electron chi connectivity index (χ3n) is 2.69. The SMILES string of the molecule is NC(O)(CC1CCCCC1)C(=O)O. The maximum absolute atomic E-state index is 10.5. The molecule has 76 valence electrons. The Hall–Kier alpha value is -0.610. The van der Waals surface area contributed by atoms with Crippen LogP contribution in [0, 0.1) is 5.92 Å². The van der Waals surface area contributed by atoms with Gasteiger partial charge in [0.15, 0.2) is 0 Å². The van der Waals surface area contributed by atoms with Gasteiger partial charge in [-0.05, 0) is 5.92 Å². The molecule has 0 spiro atoms. The molecule has 1 rings (SSSR count). The minimum Gasteiger partial charge on any atom is -0.478 e. The predicted octanol–water partition coefficient (Wildman–Crippen LogP) is 0.689. The molecule has 4 N–H and O–H groups in total. The third-order valence-corrected chi connectivity index (χ3v) is 2.69. The maximum atomic E-state index is 10.5. The fourth-order valence-electron chi connectivity index (χ4n) is 1.92. The molecule has 0 bridgehead atoms. The molecule has 0 saturated heterocycles. The lowest BCUT2D eigenvalue weighted by molar-refractivity contribution is -0.160. The zero-order valence-corrected chi connectivity index (χ0v) is 7.70. The lowest BCUT2D eigenvalue weighted by Gasteiger charge is -2.27. The van der Waals surface area contributed by atoms with Crippen LogP contribution in [0.5, 0.6) is 0 Å². The Morgan fingerprint density at radius 1 is 1.38 bits per heavy atom. The number of nitrogens with two attached hydrogens (primary N) is 1. The highest BCUT2D eigenvalue weighted by Gasteiger charge is 2.34. The Bertz CT molecular complexity index is 185. The molecule has 13 heavy (non-hydrogen) atoms. The summed E-state index contributed by atoms with van der Waals surface area (Å²) in [6.45, 7) is 0. The largest absolute Gasteiger partial charge is 0.478 e. The minimum atomic E-state index is -2.03. The van der Waals surface area contributed by atoms with Gasteiger partial charge in [-0.2, -0.15) is 0 Å². The second-order valence-corrected chi connectivity index (χ2v) is 3.94. The molecule has 1 fully saturated rings. The molecule has 0 aromatic heterocycles. The second kappa shape index (κ2) is 4.07. The molecule has 0 amide bonds. The third kappa shape index (κ3) is 2.97. The van der Waals surface area contributed by atoms with Crippen molar-refractivity contribution in [2.45, 2.75) is 44.2 Å². The quantitative estimate of drug-likeness (QED) is 0.567. The summed E-state index contributed by atoms with van der Waals surface area (Å²) in [5.41, 5.74) is 3.22. The van der Waals surface area contributed by atoms with Crippen molar-refractivity contribution in [3.63, 3.8) is 0 Å². The van der Waals surface area contributed by atoms with Crippen molar-refractivity contribution in [1.29, 1.82) is 0 Å². The zero-order chi connectivity index (χ0) is 9.90. The van der Waals surface area contributed by atoms with Gasteiger partial charge in [-0.25, -0.2) is 4.79 Å². The number of aliphatic carboxylic acids is 1. The molecule has 0 aromatic carbocycles. The number of carboxylic acid groups (broad SMARTS) is 1. The van der Waals surface area contributed by atoms with E-state index in [4.69, 9.17) is 10.8 Å². The summed E-state index contributed by atoms with van der Waals surface area (Å²) >= 11 is 0. The zero-order valence-electron chi connectivity index (χ0n) is 7.70. The van der Waals surface area contributed by atoms with Gasteiger partial charge in [0, 0.05) is 6.42 Å². The van der Waals surface area contributed by atoms with E-state index in [-0.39, 0.29) is 12.3 Å². The lowest BCUT2D eigenvalue weighted by atomic mass is 9.84. The molecule has 1 aliphatic carbocycles. The molecule has 0 aliphatic heterocycles. The predicted molar refractivity (Wildman–Crippen MR) is 48.0 cm³/mol. The Morgan fingerprint density at radius 2 is 1.92 bits per heavy atom. The van der Waals surface area contributed by atoms with E-state index >= 15 is 0 Å². The van der Waals surface area contributed by atoms with Crippen LogP contribution in [-0.2, 0) is 4.79 Å². The molecule has 1 unspecified atom stereocenters. The highest BCUT2D eigenvalue weighted by Crippen LogP contribution is 2.29. The Balaban J connectivity index is 2.41. The van der Waals surface area contributed by atoms with Gasteiger partial charge in [0.25, 0.3) is 0 Å². The van der Waals surface area contributed by atoms with Crippen LogP contribution < -0.4 is 5.73 Å². The lowest BCUT2D eigenvalue weighted by Crippen LogP contribution is -2.49. The van der Waals surface area contributed by atoms with Crippen molar-refractivity contribution in [3.05, 3.63) is 0 Å². The van der Waals surface area contributed by atoms with Crippen molar-refractivity contribution in [2.24, 2.45) is 11.7 Å². The van der Waals surface area contributed by atoms with Crippen molar-refractivity contribution in [3.8, 4) is 0 Å². The molecule has 0 radical (unpaired) electrons. The summed E-state index contributed by atoms with van der Waals surface area (Å²) < 4.78 is 0. The molecule has 1 saturated carbocycles. The van der Waals surface area contributed by atoms with Gasteiger partial charge >= 0.3 is 5.97 Å². The molecule has 1 atom stereocenters. The van der Waals surface area contributed by atoms with Crippen molar-refractivity contribution in [1.82, 2.24) is 0 Å². The van der Waals surface area contributed by atoms with E-state index in [1.807, 2.05) is 0 Å². The first kappa shape index (κ1) is 10.5. The van der Waals surface area contributed by atoms with Gasteiger partial charge in [0.2, 0.25) is 5.72 Å². The summed E-state index contributed by atoms with van der Waals surface area (Å²) in [6, 6.07) is 0. The van der Waals surface area contributed by atoms with Gasteiger partial charge in [-0.3, -0.25) is 5.73 Å². The summed E-state index contributed by atoms with van der Waals surface area (Å²) in [4.78, 5) is 10.5. The number of carbonyl (C=O) groups is 1. The molecule has 1 aliphatic rings. The Kier molecular flexibility index (Phi) is 3.27. The summed E-state index contributed by atoms with van der Waals surface area (Å²) in [5, 5.41) is 17.9. The van der Waals surface area contributed by atoms with Crippen LogP contribution in [0.1, 0.15) is 38.5 Å². The molecular weight excluding hydrogens is 170 g/mol. The van der Waals surface area contributed by atoms with Crippen molar-refractivity contribution >= 4 is 5.97 Å². The standard InChI is InChI=1S/C9H17NO3/c10-9(13,8(11)12)6-7-4-2-1-3-5-7/h7,13H,1-6,10H2,(H,11,12). The number of aliphatic hydroxyl groups is 1. The van der Waals surface area contributed by atoms with E-state index in [2.05, 4.69) is 0 Å². The van der Waals surface area contributed by atoms with Gasteiger partial charge in [0.1, 0.15) is 0 Å². The Morgan fingerprint density at radius 3 is 2.38 bits per heavy atom. The van der Waals surface area contributed by atoms with E-state index < -0.39 is 11.7 Å². The van der Waals surface area contributed by atoms with E-state index in [1.54, 1.807) is 0 Å². The van der Waals surface area contributed by atoms with E-state index in [9.17, 15) is 9.90 Å². The van der Waals surface area contributed by atoms with Gasteiger partial charge in [-0.15, -0.1) is 0 Å². The number of hydrogen-bond acceptors (Lipinski definition) is 3. The average molecular weight is 187 g/mol.